The van der Waals surface area contributed by atoms with Gasteiger partial charge in [-0.05, 0) is 56.9 Å². The number of unbranched alkanes of at least 4 members (excludes halogenated alkanes) is 4. The molecule has 2 aromatic carbocycles. The van der Waals surface area contributed by atoms with Gasteiger partial charge in [-0.2, -0.15) is 0 Å². The highest BCUT2D eigenvalue weighted by Crippen LogP contribution is 2.35. The molecule has 3 amide bonds. The van der Waals surface area contributed by atoms with Gasteiger partial charge in [0, 0.05) is 28.8 Å². The van der Waals surface area contributed by atoms with Gasteiger partial charge in [-0.1, -0.05) is 47.3 Å². The van der Waals surface area contributed by atoms with Gasteiger partial charge in [-0.25, -0.2) is 9.97 Å². The van der Waals surface area contributed by atoms with Gasteiger partial charge in [-0.15, -0.1) is 0 Å². The molecule has 0 saturated carbocycles. The number of piperidine rings is 1. The summed E-state index contributed by atoms with van der Waals surface area (Å²) in [4.78, 5) is 44.4. The fourth-order valence-electron chi connectivity index (χ4n) is 4.90. The standard InChI is InChI=1S/C31H38BrN5O5/c1-19(21-10-9-11-22(32)16-21)33-30-23-17-26(41-3)27(18-25(23)34-20(2)35-30)42-15-8-6-4-5-7-12-28(38)36-24-13-14-29(39)37-31(24)40/h9-11,16-19,24H,4-8,12-15H2,1-3H3,(H,36,38)(H,33,34,35)(H,37,39,40)/t19-,24+/m1/s1. The first-order chi connectivity index (χ1) is 20.2. The van der Waals surface area contributed by atoms with Gasteiger partial charge in [-0.3, -0.25) is 19.7 Å². The first kappa shape index (κ1) is 31.2. The molecule has 1 fully saturated rings. The molecule has 0 spiro atoms. The molecule has 10 nitrogen and oxygen atoms in total. The number of halogens is 1. The average molecular weight is 641 g/mol. The Hall–Kier alpha value is -3.73. The summed E-state index contributed by atoms with van der Waals surface area (Å²) in [6.45, 7) is 4.50. The molecular weight excluding hydrogens is 602 g/mol. The quantitative estimate of drug-likeness (QED) is 0.155. The molecule has 2 atom stereocenters. The van der Waals surface area contributed by atoms with Crippen molar-refractivity contribution in [1.82, 2.24) is 20.6 Å². The molecule has 11 heteroatoms. The number of ether oxygens (including phenoxy) is 2. The van der Waals surface area contributed by atoms with E-state index in [1.54, 1.807) is 7.11 Å². The number of methoxy groups -OCH3 is 1. The lowest BCUT2D eigenvalue weighted by Crippen LogP contribution is -2.52. The monoisotopic (exact) mass is 639 g/mol. The summed E-state index contributed by atoms with van der Waals surface area (Å²) in [5.74, 6) is 1.79. The van der Waals surface area contributed by atoms with Crippen molar-refractivity contribution >= 4 is 50.4 Å². The highest BCUT2D eigenvalue weighted by molar-refractivity contribution is 9.10. The van der Waals surface area contributed by atoms with Gasteiger partial charge in [0.25, 0.3) is 0 Å². The van der Waals surface area contributed by atoms with E-state index in [1.807, 2.05) is 31.2 Å². The summed E-state index contributed by atoms with van der Waals surface area (Å²) < 4.78 is 12.8. The van der Waals surface area contributed by atoms with Crippen molar-refractivity contribution in [1.29, 1.82) is 0 Å². The number of carbonyl (C=O) groups is 3. The normalized spacial score (nSPS) is 15.7. The van der Waals surface area contributed by atoms with Crippen LogP contribution in [-0.4, -0.2) is 47.4 Å². The molecule has 0 aliphatic carbocycles. The van der Waals surface area contributed by atoms with Crippen molar-refractivity contribution in [3.05, 3.63) is 52.3 Å². The number of nitrogens with one attached hydrogen (secondary N) is 3. The molecule has 1 aliphatic heterocycles. The number of hydrogen-bond acceptors (Lipinski definition) is 8. The Labute approximate surface area is 254 Å². The second-order valence-electron chi connectivity index (χ2n) is 10.5. The molecule has 1 saturated heterocycles. The Balaban J connectivity index is 1.24. The van der Waals surface area contributed by atoms with Crippen LogP contribution in [0.1, 0.15) is 75.7 Å². The number of aromatic nitrogens is 2. The summed E-state index contributed by atoms with van der Waals surface area (Å²) in [7, 11) is 1.62. The molecule has 3 N–H and O–H groups in total. The van der Waals surface area contributed by atoms with Crippen LogP contribution in [-0.2, 0) is 14.4 Å². The Kier molecular flexibility index (Phi) is 11.1. The summed E-state index contributed by atoms with van der Waals surface area (Å²) in [6.07, 6.45) is 5.43. The van der Waals surface area contributed by atoms with Crippen LogP contribution in [0.4, 0.5) is 5.82 Å². The van der Waals surface area contributed by atoms with Crippen molar-refractivity contribution in [3.8, 4) is 11.5 Å². The highest BCUT2D eigenvalue weighted by atomic mass is 79.9. The minimum absolute atomic E-state index is 0.0293. The number of fused-ring (bicyclic) bond motifs is 1. The molecular formula is C31H38BrN5O5. The number of carbonyl (C=O) groups excluding carboxylic acids is 3. The van der Waals surface area contributed by atoms with Crippen LogP contribution in [0.3, 0.4) is 0 Å². The lowest BCUT2D eigenvalue weighted by atomic mass is 10.1. The number of hydrogen-bond donors (Lipinski definition) is 3. The van der Waals surface area contributed by atoms with Crippen LogP contribution in [0.25, 0.3) is 10.9 Å². The predicted molar refractivity (Wildman–Crippen MR) is 165 cm³/mol. The van der Waals surface area contributed by atoms with E-state index >= 15 is 0 Å². The fourth-order valence-corrected chi connectivity index (χ4v) is 5.31. The molecule has 0 unspecified atom stereocenters. The highest BCUT2D eigenvalue weighted by Gasteiger charge is 2.27. The van der Waals surface area contributed by atoms with Crippen LogP contribution in [0.2, 0.25) is 0 Å². The Morgan fingerprint density at radius 3 is 2.64 bits per heavy atom. The van der Waals surface area contributed by atoms with Gasteiger partial charge in [0.15, 0.2) is 11.5 Å². The van der Waals surface area contributed by atoms with E-state index in [-0.39, 0.29) is 24.3 Å². The van der Waals surface area contributed by atoms with E-state index in [9.17, 15) is 14.4 Å². The Morgan fingerprint density at radius 1 is 1.10 bits per heavy atom. The number of rotatable bonds is 14. The molecule has 4 rings (SSSR count). The number of anilines is 1. The minimum Gasteiger partial charge on any atom is -0.493 e. The second-order valence-corrected chi connectivity index (χ2v) is 11.4. The van der Waals surface area contributed by atoms with Crippen LogP contribution >= 0.6 is 15.9 Å². The van der Waals surface area contributed by atoms with Crippen molar-refractivity contribution in [2.75, 3.05) is 19.0 Å². The number of benzene rings is 2. The third-order valence-electron chi connectivity index (χ3n) is 7.17. The molecule has 3 aromatic rings. The maximum atomic E-state index is 12.1. The van der Waals surface area contributed by atoms with Crippen molar-refractivity contribution in [2.24, 2.45) is 0 Å². The topological polar surface area (TPSA) is 132 Å². The van der Waals surface area contributed by atoms with Gasteiger partial charge in [0.05, 0.1) is 25.3 Å². The van der Waals surface area contributed by atoms with Crippen molar-refractivity contribution < 1.29 is 23.9 Å². The van der Waals surface area contributed by atoms with Gasteiger partial charge >= 0.3 is 0 Å². The molecule has 2 heterocycles. The molecule has 1 aliphatic rings. The van der Waals surface area contributed by atoms with E-state index < -0.39 is 11.9 Å². The van der Waals surface area contributed by atoms with Crippen molar-refractivity contribution in [2.45, 2.75) is 77.3 Å². The fraction of sp³-hybridized carbons (Fsp3) is 0.452. The summed E-state index contributed by atoms with van der Waals surface area (Å²) >= 11 is 3.54. The number of nitrogens with zero attached hydrogens (tertiary/aromatic N) is 2. The van der Waals surface area contributed by atoms with Crippen LogP contribution in [0.15, 0.2) is 40.9 Å². The van der Waals surface area contributed by atoms with E-state index in [0.717, 1.165) is 58.9 Å². The second kappa shape index (κ2) is 14.9. The smallest absolute Gasteiger partial charge is 0.249 e. The minimum atomic E-state index is -0.613. The summed E-state index contributed by atoms with van der Waals surface area (Å²) in [6, 6.07) is 11.4. The van der Waals surface area contributed by atoms with Gasteiger partial charge in [0.1, 0.15) is 17.7 Å². The van der Waals surface area contributed by atoms with Crippen LogP contribution < -0.4 is 25.4 Å². The van der Waals surface area contributed by atoms with Gasteiger partial charge in [0.2, 0.25) is 17.7 Å². The Morgan fingerprint density at radius 2 is 1.88 bits per heavy atom. The number of amides is 3. The molecule has 0 radical (unpaired) electrons. The average Bonchev–Trinajstić information content (AvgIpc) is 2.95. The molecule has 1 aromatic heterocycles. The SMILES string of the molecule is COc1cc2c(N[C@H](C)c3cccc(Br)c3)nc(C)nc2cc1OCCCCCCCC(=O)N[C@H]1CCC(=O)NC1=O. The molecule has 0 bridgehead atoms. The van der Waals surface area contributed by atoms with E-state index in [2.05, 4.69) is 60.9 Å². The van der Waals surface area contributed by atoms with Crippen molar-refractivity contribution in [3.63, 3.8) is 0 Å². The first-order valence-corrected chi connectivity index (χ1v) is 15.2. The third-order valence-corrected chi connectivity index (χ3v) is 7.67. The lowest BCUT2D eigenvalue weighted by molar-refractivity contribution is -0.137. The van der Waals surface area contributed by atoms with Crippen LogP contribution in [0, 0.1) is 6.92 Å². The molecule has 42 heavy (non-hydrogen) atoms. The maximum Gasteiger partial charge on any atom is 0.249 e. The largest absolute Gasteiger partial charge is 0.493 e. The maximum absolute atomic E-state index is 12.1. The van der Waals surface area contributed by atoms with E-state index in [4.69, 9.17) is 9.47 Å². The summed E-state index contributed by atoms with van der Waals surface area (Å²) in [5.41, 5.74) is 1.91. The number of imide groups is 1. The van der Waals surface area contributed by atoms with Gasteiger partial charge < -0.3 is 20.1 Å². The first-order valence-electron chi connectivity index (χ1n) is 14.4. The molecule has 224 valence electrons. The van der Waals surface area contributed by atoms with E-state index in [1.165, 1.54) is 0 Å². The lowest BCUT2D eigenvalue weighted by Gasteiger charge is -2.21. The third kappa shape index (κ3) is 8.64. The zero-order valence-electron chi connectivity index (χ0n) is 24.3. The number of aryl methyl sites for hydroxylation is 1. The predicted octanol–water partition coefficient (Wildman–Crippen LogP) is 5.52. The zero-order chi connectivity index (χ0) is 30.1. The zero-order valence-corrected chi connectivity index (χ0v) is 25.9. The summed E-state index contributed by atoms with van der Waals surface area (Å²) in [5, 5.41) is 9.35. The van der Waals surface area contributed by atoms with Crippen LogP contribution in [0.5, 0.6) is 11.5 Å². The Bertz CT molecular complexity index is 1430. The van der Waals surface area contributed by atoms with E-state index in [0.29, 0.717) is 36.8 Å².